The summed E-state index contributed by atoms with van der Waals surface area (Å²) in [5.74, 6) is 0.525. The maximum atomic E-state index is 11.0. The number of halogens is 1. The highest BCUT2D eigenvalue weighted by molar-refractivity contribution is 7.99. The normalized spacial score (nSPS) is 10.5. The molecule has 17 heavy (non-hydrogen) atoms. The molecule has 0 unspecified atom stereocenters. The Hall–Kier alpha value is -1.40. The van der Waals surface area contributed by atoms with E-state index in [0.29, 0.717) is 22.7 Å². The number of imidazole rings is 1. The van der Waals surface area contributed by atoms with E-state index < -0.39 is 0 Å². The highest BCUT2D eigenvalue weighted by atomic mass is 35.5. The second kappa shape index (κ2) is 4.85. The summed E-state index contributed by atoms with van der Waals surface area (Å²) in [7, 11) is 1.87. The van der Waals surface area contributed by atoms with E-state index in [1.807, 2.05) is 17.8 Å². The number of aldehydes is 1. The van der Waals surface area contributed by atoms with Crippen LogP contribution in [0.1, 0.15) is 16.2 Å². The fraction of sp³-hybridized carbons (Fsp3) is 0.200. The van der Waals surface area contributed by atoms with Gasteiger partial charge in [0.05, 0.1) is 5.56 Å². The monoisotopic (exact) mass is 268 g/mol. The summed E-state index contributed by atoms with van der Waals surface area (Å²) in [4.78, 5) is 23.3. The number of nitrogens with zero attached hydrogens (tertiary/aromatic N) is 4. The van der Waals surface area contributed by atoms with Gasteiger partial charge in [-0.2, -0.15) is 0 Å². The number of hydrogen-bond acceptors (Lipinski definition) is 5. The third kappa shape index (κ3) is 2.48. The molecule has 0 saturated heterocycles. The summed E-state index contributed by atoms with van der Waals surface area (Å²) in [6, 6.07) is 0. The van der Waals surface area contributed by atoms with Gasteiger partial charge in [-0.05, 0) is 18.7 Å². The molecule has 0 aromatic carbocycles. The number of carbonyl (C=O) groups is 1. The van der Waals surface area contributed by atoms with E-state index in [1.54, 1.807) is 13.1 Å². The van der Waals surface area contributed by atoms with Gasteiger partial charge in [0.15, 0.2) is 11.4 Å². The molecule has 0 fully saturated rings. The minimum absolute atomic E-state index is 0.171. The molecule has 0 aliphatic carbocycles. The lowest BCUT2D eigenvalue weighted by Gasteiger charge is -2.05. The molecule has 0 bridgehead atoms. The second-order valence-corrected chi connectivity index (χ2v) is 4.64. The van der Waals surface area contributed by atoms with E-state index in [-0.39, 0.29) is 5.15 Å². The van der Waals surface area contributed by atoms with Crippen molar-refractivity contribution in [1.29, 1.82) is 0 Å². The van der Waals surface area contributed by atoms with E-state index in [4.69, 9.17) is 11.6 Å². The smallest absolute Gasteiger partial charge is 0.174 e. The van der Waals surface area contributed by atoms with Crippen LogP contribution in [0.3, 0.4) is 0 Å². The van der Waals surface area contributed by atoms with Crippen LogP contribution in [0, 0.1) is 6.92 Å². The fourth-order valence-electron chi connectivity index (χ4n) is 1.24. The Morgan fingerprint density at radius 2 is 2.24 bits per heavy atom. The van der Waals surface area contributed by atoms with Gasteiger partial charge < -0.3 is 4.57 Å². The summed E-state index contributed by atoms with van der Waals surface area (Å²) in [6.07, 6.45) is 4.16. The molecule has 0 aliphatic heterocycles. The molecule has 0 aliphatic rings. The molecule has 7 heteroatoms. The van der Waals surface area contributed by atoms with Crippen molar-refractivity contribution in [3.8, 4) is 0 Å². The van der Waals surface area contributed by atoms with Crippen molar-refractivity contribution in [1.82, 2.24) is 19.5 Å². The number of rotatable bonds is 3. The van der Waals surface area contributed by atoms with E-state index in [2.05, 4.69) is 15.0 Å². The van der Waals surface area contributed by atoms with Crippen molar-refractivity contribution in [2.75, 3.05) is 0 Å². The first-order valence-electron chi connectivity index (χ1n) is 4.76. The van der Waals surface area contributed by atoms with Gasteiger partial charge in [-0.15, -0.1) is 0 Å². The number of carbonyl (C=O) groups excluding carboxylic acids is 1. The Labute approximate surface area is 107 Å². The quantitative estimate of drug-likeness (QED) is 0.630. The van der Waals surface area contributed by atoms with Gasteiger partial charge in [0.25, 0.3) is 0 Å². The van der Waals surface area contributed by atoms with E-state index in [0.717, 1.165) is 5.16 Å². The Morgan fingerprint density at radius 1 is 1.47 bits per heavy atom. The Bertz CT molecular complexity index is 569. The molecule has 2 rings (SSSR count). The van der Waals surface area contributed by atoms with Crippen LogP contribution in [0.5, 0.6) is 0 Å². The molecule has 2 aromatic rings. The summed E-state index contributed by atoms with van der Waals surface area (Å²) in [5, 5.41) is 1.43. The van der Waals surface area contributed by atoms with Gasteiger partial charge in [-0.1, -0.05) is 11.6 Å². The first-order chi connectivity index (χ1) is 8.11. The zero-order chi connectivity index (χ0) is 12.4. The van der Waals surface area contributed by atoms with Gasteiger partial charge in [0.2, 0.25) is 0 Å². The molecule has 0 radical (unpaired) electrons. The second-order valence-electron chi connectivity index (χ2n) is 3.32. The van der Waals surface area contributed by atoms with Crippen molar-refractivity contribution in [2.45, 2.75) is 17.1 Å². The van der Waals surface area contributed by atoms with Gasteiger partial charge in [-0.3, -0.25) is 4.79 Å². The maximum absolute atomic E-state index is 11.0. The lowest BCUT2D eigenvalue weighted by atomic mass is 10.4. The van der Waals surface area contributed by atoms with Crippen molar-refractivity contribution >= 4 is 29.6 Å². The third-order valence-electron chi connectivity index (χ3n) is 2.06. The third-order valence-corrected chi connectivity index (χ3v) is 3.43. The van der Waals surface area contributed by atoms with Crippen LogP contribution in [0.2, 0.25) is 5.15 Å². The molecule has 5 nitrogen and oxygen atoms in total. The van der Waals surface area contributed by atoms with Crippen LogP contribution in [-0.2, 0) is 7.05 Å². The fourth-order valence-corrected chi connectivity index (χ4v) is 2.47. The topological polar surface area (TPSA) is 60.7 Å². The Balaban J connectivity index is 2.45. The lowest BCUT2D eigenvalue weighted by molar-refractivity contribution is 0.112. The predicted molar refractivity (Wildman–Crippen MR) is 64.5 cm³/mol. The largest absolute Gasteiger partial charge is 0.329 e. The zero-order valence-corrected chi connectivity index (χ0v) is 10.8. The number of hydrogen-bond donors (Lipinski definition) is 0. The summed E-state index contributed by atoms with van der Waals surface area (Å²) < 4.78 is 1.84. The highest BCUT2D eigenvalue weighted by Crippen LogP contribution is 2.29. The van der Waals surface area contributed by atoms with E-state index in [9.17, 15) is 4.79 Å². The molecular formula is C10H9ClN4OS. The Morgan fingerprint density at radius 3 is 2.82 bits per heavy atom. The molecule has 0 saturated carbocycles. The SMILES string of the molecule is Cc1nc(Cl)c(C=O)c(Sc2nccn2C)n1. The summed E-state index contributed by atoms with van der Waals surface area (Å²) >= 11 is 7.18. The predicted octanol–water partition coefficient (Wildman–Crippen LogP) is 2.14. The maximum Gasteiger partial charge on any atom is 0.174 e. The number of aryl methyl sites for hydroxylation is 2. The molecule has 2 heterocycles. The first-order valence-corrected chi connectivity index (χ1v) is 5.95. The molecular weight excluding hydrogens is 260 g/mol. The summed E-state index contributed by atoms with van der Waals surface area (Å²) in [5.41, 5.74) is 0.297. The van der Waals surface area contributed by atoms with Crippen molar-refractivity contribution in [3.63, 3.8) is 0 Å². The zero-order valence-electron chi connectivity index (χ0n) is 9.22. The first kappa shape index (κ1) is 12.1. The van der Waals surface area contributed by atoms with Gasteiger partial charge in [-0.25, -0.2) is 15.0 Å². The lowest BCUT2D eigenvalue weighted by Crippen LogP contribution is -1.99. The van der Waals surface area contributed by atoms with Gasteiger partial charge in [0.1, 0.15) is 16.0 Å². The van der Waals surface area contributed by atoms with Gasteiger partial charge >= 0.3 is 0 Å². The van der Waals surface area contributed by atoms with Crippen molar-refractivity contribution < 1.29 is 4.79 Å². The van der Waals surface area contributed by atoms with Crippen molar-refractivity contribution in [3.05, 3.63) is 28.9 Å². The molecule has 0 N–H and O–H groups in total. The van der Waals surface area contributed by atoms with Crippen LogP contribution in [0.4, 0.5) is 0 Å². The molecule has 88 valence electrons. The van der Waals surface area contributed by atoms with Crippen molar-refractivity contribution in [2.24, 2.45) is 7.05 Å². The van der Waals surface area contributed by atoms with Crippen LogP contribution >= 0.6 is 23.4 Å². The number of aromatic nitrogens is 4. The highest BCUT2D eigenvalue weighted by Gasteiger charge is 2.14. The summed E-state index contributed by atoms with van der Waals surface area (Å²) in [6.45, 7) is 1.73. The molecule has 0 amide bonds. The molecule has 0 spiro atoms. The minimum atomic E-state index is 0.171. The standard InChI is InChI=1S/C10H9ClN4OS/c1-6-13-8(11)7(5-16)9(14-6)17-10-12-3-4-15(10)2/h3-5H,1-2H3. The Kier molecular flexibility index (Phi) is 3.44. The van der Waals surface area contributed by atoms with Crippen LogP contribution in [0.25, 0.3) is 0 Å². The van der Waals surface area contributed by atoms with Crippen LogP contribution < -0.4 is 0 Å². The molecule has 0 atom stereocenters. The van der Waals surface area contributed by atoms with Gasteiger partial charge in [0, 0.05) is 19.4 Å². The van der Waals surface area contributed by atoms with Crippen LogP contribution in [-0.4, -0.2) is 25.8 Å². The average Bonchev–Trinajstić information content (AvgIpc) is 2.64. The average molecular weight is 269 g/mol. The van der Waals surface area contributed by atoms with E-state index >= 15 is 0 Å². The van der Waals surface area contributed by atoms with E-state index in [1.165, 1.54) is 11.8 Å². The van der Waals surface area contributed by atoms with Crippen LogP contribution in [0.15, 0.2) is 22.6 Å². The molecule has 2 aromatic heterocycles. The minimum Gasteiger partial charge on any atom is -0.329 e.